The quantitative estimate of drug-likeness (QED) is 0.402. The van der Waals surface area contributed by atoms with E-state index in [1.54, 1.807) is 35.2 Å². The van der Waals surface area contributed by atoms with Crippen molar-refractivity contribution in [3.8, 4) is 5.75 Å². The summed E-state index contributed by atoms with van der Waals surface area (Å²) in [6, 6.07) is 16.9. The number of piperazine rings is 1. The Kier molecular flexibility index (Phi) is 9.51. The van der Waals surface area contributed by atoms with Crippen LogP contribution >= 0.6 is 0 Å². The van der Waals surface area contributed by atoms with Gasteiger partial charge in [-0.3, -0.25) is 14.5 Å². The number of fused-ring (bicyclic) bond motifs is 1. The summed E-state index contributed by atoms with van der Waals surface area (Å²) in [5.74, 6) is -0.511. The number of benzene rings is 3. The number of aryl methyl sites for hydroxylation is 1. The molecule has 222 valence electrons. The summed E-state index contributed by atoms with van der Waals surface area (Å²) < 4.78 is 26.4. The molecule has 9 heteroatoms. The third-order valence-electron chi connectivity index (χ3n) is 8.12. The molecule has 42 heavy (non-hydrogen) atoms. The second kappa shape index (κ2) is 13.5. The van der Waals surface area contributed by atoms with Gasteiger partial charge < -0.3 is 24.6 Å². The van der Waals surface area contributed by atoms with E-state index in [0.29, 0.717) is 59.8 Å². The van der Waals surface area contributed by atoms with E-state index in [4.69, 9.17) is 9.47 Å². The van der Waals surface area contributed by atoms with Crippen molar-refractivity contribution in [1.82, 2.24) is 9.80 Å². The summed E-state index contributed by atoms with van der Waals surface area (Å²) in [7, 11) is 3.63. The lowest BCUT2D eigenvalue weighted by Gasteiger charge is -2.32. The first-order valence-corrected chi connectivity index (χ1v) is 14.5. The maximum Gasteiger partial charge on any atom is 0.262 e. The molecule has 1 N–H and O–H groups in total. The summed E-state index contributed by atoms with van der Waals surface area (Å²) >= 11 is 0. The molecule has 0 aliphatic carbocycles. The summed E-state index contributed by atoms with van der Waals surface area (Å²) in [5.41, 5.74) is 3.64. The predicted molar refractivity (Wildman–Crippen MR) is 162 cm³/mol. The van der Waals surface area contributed by atoms with Crippen LogP contribution in [0.4, 0.5) is 15.8 Å². The van der Waals surface area contributed by atoms with Gasteiger partial charge in [0, 0.05) is 67.8 Å². The minimum absolute atomic E-state index is 0.239. The monoisotopic (exact) mass is 574 g/mol. The number of halogens is 1. The second-order valence-electron chi connectivity index (χ2n) is 11.0. The number of likely N-dealkylation sites (N-methyl/N-ethyl adjacent to an activating group) is 1. The summed E-state index contributed by atoms with van der Waals surface area (Å²) in [6.07, 6.45) is 1.08. The molecule has 0 spiro atoms. The predicted octanol–water partition coefficient (Wildman–Crippen LogP) is 5.14. The number of nitrogens with one attached hydrogen (secondary N) is 1. The van der Waals surface area contributed by atoms with Crippen LogP contribution < -0.4 is 15.0 Å². The van der Waals surface area contributed by atoms with Crippen molar-refractivity contribution in [3.05, 3.63) is 88.7 Å². The minimum atomic E-state index is -0.359. The lowest BCUT2D eigenvalue weighted by Crippen LogP contribution is -2.45. The molecule has 0 bridgehead atoms. The Morgan fingerprint density at radius 3 is 2.52 bits per heavy atom. The fourth-order valence-electron chi connectivity index (χ4n) is 5.64. The molecule has 1 fully saturated rings. The Bertz CT molecular complexity index is 1420. The van der Waals surface area contributed by atoms with Crippen LogP contribution in [0.25, 0.3) is 0 Å². The maximum absolute atomic E-state index is 14.5. The Balaban J connectivity index is 1.33. The number of hydrogen-bond acceptors (Lipinski definition) is 6. The van der Waals surface area contributed by atoms with Crippen molar-refractivity contribution in [2.24, 2.45) is 0 Å². The molecule has 0 radical (unpaired) electrons. The molecule has 8 nitrogen and oxygen atoms in total. The summed E-state index contributed by atoms with van der Waals surface area (Å²) in [5, 5.41) is 2.89. The maximum atomic E-state index is 14.5. The number of carbonyl (C=O) groups excluding carboxylic acids is 2. The molecule has 2 aliphatic heterocycles. The Morgan fingerprint density at radius 2 is 1.76 bits per heavy atom. The SMILES string of the molecule is COc1cc(NC(=O)c2ccccc2C)ccc1C(=O)N1CCCC(OCCN2CCN(C)CC2)c2cc(F)ccc21. The van der Waals surface area contributed by atoms with Crippen LogP contribution in [0, 0.1) is 12.7 Å². The molecule has 3 aromatic carbocycles. The molecule has 2 heterocycles. The highest BCUT2D eigenvalue weighted by Crippen LogP contribution is 2.37. The van der Waals surface area contributed by atoms with E-state index in [2.05, 4.69) is 22.2 Å². The van der Waals surface area contributed by atoms with Crippen LogP contribution in [0.15, 0.2) is 60.7 Å². The van der Waals surface area contributed by atoms with Gasteiger partial charge >= 0.3 is 0 Å². The number of carbonyl (C=O) groups is 2. The van der Waals surface area contributed by atoms with Crippen LogP contribution in [0.3, 0.4) is 0 Å². The van der Waals surface area contributed by atoms with Crippen molar-refractivity contribution in [2.75, 3.05) is 70.2 Å². The highest BCUT2D eigenvalue weighted by molar-refractivity contribution is 6.09. The van der Waals surface area contributed by atoms with Crippen molar-refractivity contribution < 1.29 is 23.5 Å². The summed E-state index contributed by atoms with van der Waals surface area (Å²) in [6.45, 7) is 7.80. The zero-order valence-electron chi connectivity index (χ0n) is 24.6. The van der Waals surface area contributed by atoms with Gasteiger partial charge in [0.15, 0.2) is 0 Å². The van der Waals surface area contributed by atoms with E-state index in [1.165, 1.54) is 19.2 Å². The van der Waals surface area contributed by atoms with Crippen LogP contribution in [-0.2, 0) is 4.74 Å². The zero-order valence-corrected chi connectivity index (χ0v) is 24.6. The number of rotatable bonds is 8. The first kappa shape index (κ1) is 29.7. The average molecular weight is 575 g/mol. The fraction of sp³-hybridized carbons (Fsp3) is 0.394. The number of anilines is 2. The first-order valence-electron chi connectivity index (χ1n) is 14.5. The van der Waals surface area contributed by atoms with E-state index in [0.717, 1.165) is 38.3 Å². The van der Waals surface area contributed by atoms with E-state index in [1.807, 2.05) is 25.1 Å². The highest BCUT2D eigenvalue weighted by Gasteiger charge is 2.30. The molecule has 2 aliphatic rings. The number of hydrogen-bond donors (Lipinski definition) is 1. The second-order valence-corrected chi connectivity index (χ2v) is 11.0. The van der Waals surface area contributed by atoms with Crippen LogP contribution in [0.2, 0.25) is 0 Å². The number of amides is 2. The van der Waals surface area contributed by atoms with Gasteiger partial charge in [0.2, 0.25) is 0 Å². The lowest BCUT2D eigenvalue weighted by molar-refractivity contribution is 0.0245. The standard InChI is InChI=1S/C33H39FN4O4/c1-23-7-4-5-8-26(23)32(39)35-25-11-12-27(31(22-25)41-3)33(40)38-14-6-9-30(28-21-24(34)10-13-29(28)38)42-20-19-37-17-15-36(2)16-18-37/h4-5,7-8,10-13,21-22,30H,6,9,14-20H2,1-3H3,(H,35,39). The van der Waals surface area contributed by atoms with Gasteiger partial charge in [0.1, 0.15) is 11.6 Å². The van der Waals surface area contributed by atoms with Crippen LogP contribution in [0.5, 0.6) is 5.75 Å². The van der Waals surface area contributed by atoms with Gasteiger partial charge in [-0.25, -0.2) is 4.39 Å². The van der Waals surface area contributed by atoms with Crippen LogP contribution in [-0.4, -0.2) is 81.6 Å². The fourth-order valence-corrected chi connectivity index (χ4v) is 5.64. The van der Waals surface area contributed by atoms with Crippen molar-refractivity contribution >= 4 is 23.2 Å². The van der Waals surface area contributed by atoms with E-state index < -0.39 is 0 Å². The largest absolute Gasteiger partial charge is 0.496 e. The molecular weight excluding hydrogens is 535 g/mol. The molecule has 1 unspecified atom stereocenters. The van der Waals surface area contributed by atoms with Gasteiger partial charge in [-0.2, -0.15) is 0 Å². The molecule has 3 aromatic rings. The Labute approximate surface area is 247 Å². The van der Waals surface area contributed by atoms with Gasteiger partial charge in [-0.1, -0.05) is 18.2 Å². The lowest BCUT2D eigenvalue weighted by atomic mass is 10.0. The molecule has 5 rings (SSSR count). The van der Waals surface area contributed by atoms with Gasteiger partial charge in [0.25, 0.3) is 11.8 Å². The zero-order chi connectivity index (χ0) is 29.6. The van der Waals surface area contributed by atoms with Gasteiger partial charge in [-0.15, -0.1) is 0 Å². The van der Waals surface area contributed by atoms with Crippen LogP contribution in [0.1, 0.15) is 50.8 Å². The normalized spacial score (nSPS) is 17.8. The van der Waals surface area contributed by atoms with Crippen molar-refractivity contribution in [1.29, 1.82) is 0 Å². The van der Waals surface area contributed by atoms with E-state index in [9.17, 15) is 14.0 Å². The average Bonchev–Trinajstić information content (AvgIpc) is 3.17. The van der Waals surface area contributed by atoms with Gasteiger partial charge in [0.05, 0.1) is 25.4 Å². The molecular formula is C33H39FN4O4. The van der Waals surface area contributed by atoms with Gasteiger partial charge in [-0.05, 0) is 68.8 Å². The molecule has 2 amide bonds. The first-order chi connectivity index (χ1) is 20.3. The Hall–Kier alpha value is -3.79. The smallest absolute Gasteiger partial charge is 0.262 e. The topological polar surface area (TPSA) is 74.3 Å². The molecule has 1 atom stereocenters. The third-order valence-corrected chi connectivity index (χ3v) is 8.12. The third kappa shape index (κ3) is 6.81. The number of nitrogens with zero attached hydrogens (tertiary/aromatic N) is 3. The molecule has 0 aromatic heterocycles. The Morgan fingerprint density at radius 1 is 0.976 bits per heavy atom. The van der Waals surface area contributed by atoms with E-state index >= 15 is 0 Å². The summed E-state index contributed by atoms with van der Waals surface area (Å²) in [4.78, 5) is 33.2. The van der Waals surface area contributed by atoms with Crippen molar-refractivity contribution in [2.45, 2.75) is 25.9 Å². The molecule has 0 saturated carbocycles. The minimum Gasteiger partial charge on any atom is -0.496 e. The van der Waals surface area contributed by atoms with E-state index in [-0.39, 0.29) is 23.7 Å². The van der Waals surface area contributed by atoms with Crippen molar-refractivity contribution in [3.63, 3.8) is 0 Å². The number of methoxy groups -OCH3 is 1. The highest BCUT2D eigenvalue weighted by atomic mass is 19.1. The molecule has 1 saturated heterocycles. The number of ether oxygens (including phenoxy) is 2.